The fraction of sp³-hybridized carbons (Fsp3) is 0.286. The molecule has 0 unspecified atom stereocenters. The van der Waals surface area contributed by atoms with Gasteiger partial charge in [0, 0.05) is 38.9 Å². The Hall–Kier alpha value is -2.09. The molecule has 0 aromatic heterocycles. The van der Waals surface area contributed by atoms with E-state index in [2.05, 4.69) is 56.9 Å². The predicted octanol–water partition coefficient (Wildman–Crippen LogP) is 3.73. The molecular formula is C21H26FIN4. The van der Waals surface area contributed by atoms with E-state index in [-0.39, 0.29) is 29.8 Å². The largest absolute Gasteiger partial charge is 0.364 e. The summed E-state index contributed by atoms with van der Waals surface area (Å²) in [5.41, 5.74) is 3.42. The van der Waals surface area contributed by atoms with Crippen LogP contribution in [0.2, 0.25) is 0 Å². The highest BCUT2D eigenvalue weighted by Gasteiger charge is 2.08. The van der Waals surface area contributed by atoms with E-state index < -0.39 is 0 Å². The van der Waals surface area contributed by atoms with Gasteiger partial charge in [0.2, 0.25) is 0 Å². The number of hydrogen-bond donors (Lipinski definition) is 2. The lowest BCUT2D eigenvalue weighted by atomic mass is 10.1. The highest BCUT2D eigenvalue weighted by atomic mass is 127. The number of hydrogen-bond acceptors (Lipinski definition) is 2. The topological polar surface area (TPSA) is 39.7 Å². The molecule has 0 fully saturated rings. The van der Waals surface area contributed by atoms with Crippen molar-refractivity contribution in [2.45, 2.75) is 13.0 Å². The van der Waals surface area contributed by atoms with Gasteiger partial charge in [0.05, 0.1) is 0 Å². The number of benzene rings is 2. The molecule has 0 radical (unpaired) electrons. The van der Waals surface area contributed by atoms with Gasteiger partial charge in [0.1, 0.15) is 5.82 Å². The van der Waals surface area contributed by atoms with Crippen molar-refractivity contribution in [2.75, 3.05) is 31.6 Å². The van der Waals surface area contributed by atoms with Crippen LogP contribution in [0.25, 0.3) is 0 Å². The molecule has 3 rings (SSSR count). The molecule has 2 N–H and O–H groups in total. The van der Waals surface area contributed by atoms with Crippen LogP contribution in [0.1, 0.15) is 11.1 Å². The third-order valence-corrected chi connectivity index (χ3v) is 4.37. The number of nitrogens with zero attached hydrogens (tertiary/aromatic N) is 2. The first-order chi connectivity index (χ1) is 12.7. The molecule has 27 heavy (non-hydrogen) atoms. The molecular weight excluding hydrogens is 454 g/mol. The van der Waals surface area contributed by atoms with E-state index >= 15 is 0 Å². The molecule has 144 valence electrons. The van der Waals surface area contributed by atoms with Crippen LogP contribution in [-0.2, 0) is 13.0 Å². The molecule has 0 bridgehead atoms. The first-order valence-corrected chi connectivity index (χ1v) is 8.92. The van der Waals surface area contributed by atoms with Gasteiger partial charge in [-0.05, 0) is 41.8 Å². The molecule has 6 heteroatoms. The van der Waals surface area contributed by atoms with Crippen molar-refractivity contribution in [2.24, 2.45) is 4.99 Å². The van der Waals surface area contributed by atoms with Gasteiger partial charge in [-0.25, -0.2) is 4.39 Å². The summed E-state index contributed by atoms with van der Waals surface area (Å²) < 4.78 is 13.2. The maximum atomic E-state index is 13.2. The highest BCUT2D eigenvalue weighted by Crippen LogP contribution is 2.18. The summed E-state index contributed by atoms with van der Waals surface area (Å²) in [6, 6.07) is 15.2. The maximum absolute atomic E-state index is 13.2. The van der Waals surface area contributed by atoms with Crippen LogP contribution in [0, 0.1) is 5.82 Å². The van der Waals surface area contributed by atoms with Crippen molar-refractivity contribution in [1.29, 1.82) is 0 Å². The Balaban J connectivity index is 0.00000261. The van der Waals surface area contributed by atoms with Gasteiger partial charge in [-0.15, -0.1) is 24.0 Å². The average Bonchev–Trinajstić information content (AvgIpc) is 3.20. The smallest absolute Gasteiger partial charge is 0.191 e. The number of halogens is 2. The molecule has 0 spiro atoms. The van der Waals surface area contributed by atoms with Gasteiger partial charge in [0.15, 0.2) is 5.96 Å². The standard InChI is InChI=1S/C21H25FN4.HI/c1-23-21(24-11-10-17-6-4-8-19(22)14-17)25-16-18-7-5-9-20(15-18)26-12-2-3-13-26;/h2-9,14-15H,10-13,16H2,1H3,(H2,23,24,25);1H. The van der Waals surface area contributed by atoms with Gasteiger partial charge < -0.3 is 15.5 Å². The van der Waals surface area contributed by atoms with E-state index in [1.54, 1.807) is 19.2 Å². The van der Waals surface area contributed by atoms with E-state index in [9.17, 15) is 4.39 Å². The van der Waals surface area contributed by atoms with Crippen LogP contribution in [0.4, 0.5) is 10.1 Å². The van der Waals surface area contributed by atoms with Gasteiger partial charge in [-0.2, -0.15) is 0 Å². The van der Waals surface area contributed by atoms with Crippen LogP contribution < -0.4 is 15.5 Å². The van der Waals surface area contributed by atoms with E-state index in [4.69, 9.17) is 0 Å². The Kier molecular flexibility index (Phi) is 8.57. The first kappa shape index (κ1) is 21.2. The summed E-state index contributed by atoms with van der Waals surface area (Å²) in [5.74, 6) is 0.549. The monoisotopic (exact) mass is 480 g/mol. The Morgan fingerprint density at radius 1 is 1.04 bits per heavy atom. The summed E-state index contributed by atoms with van der Waals surface area (Å²) in [6.07, 6.45) is 5.13. The van der Waals surface area contributed by atoms with Crippen LogP contribution in [-0.4, -0.2) is 32.6 Å². The minimum Gasteiger partial charge on any atom is -0.364 e. The van der Waals surface area contributed by atoms with Crippen molar-refractivity contribution < 1.29 is 4.39 Å². The lowest BCUT2D eigenvalue weighted by Crippen LogP contribution is -2.37. The summed E-state index contributed by atoms with van der Waals surface area (Å²) in [5, 5.41) is 6.61. The number of aliphatic imine (C=N–C) groups is 1. The Morgan fingerprint density at radius 2 is 1.78 bits per heavy atom. The summed E-state index contributed by atoms with van der Waals surface area (Å²) in [6.45, 7) is 3.34. The molecule has 4 nitrogen and oxygen atoms in total. The Bertz CT molecular complexity index is 783. The zero-order valence-corrected chi connectivity index (χ0v) is 17.8. The quantitative estimate of drug-likeness (QED) is 0.287. The zero-order valence-electron chi connectivity index (χ0n) is 15.5. The van der Waals surface area contributed by atoms with Crippen LogP contribution in [0.15, 0.2) is 65.7 Å². The second-order valence-electron chi connectivity index (χ2n) is 6.28. The Morgan fingerprint density at radius 3 is 2.52 bits per heavy atom. The lowest BCUT2D eigenvalue weighted by Gasteiger charge is -2.19. The number of anilines is 1. The number of nitrogens with one attached hydrogen (secondary N) is 2. The van der Waals surface area contributed by atoms with E-state index in [0.29, 0.717) is 13.1 Å². The maximum Gasteiger partial charge on any atom is 0.191 e. The third kappa shape index (κ3) is 6.53. The molecule has 1 aliphatic heterocycles. The van der Waals surface area contributed by atoms with Crippen LogP contribution >= 0.6 is 24.0 Å². The van der Waals surface area contributed by atoms with Gasteiger partial charge in [0.25, 0.3) is 0 Å². The van der Waals surface area contributed by atoms with Crippen molar-refractivity contribution in [3.8, 4) is 0 Å². The predicted molar refractivity (Wildman–Crippen MR) is 122 cm³/mol. The highest BCUT2D eigenvalue weighted by molar-refractivity contribution is 14.0. The second-order valence-corrected chi connectivity index (χ2v) is 6.28. The molecule has 0 aliphatic carbocycles. The van der Waals surface area contributed by atoms with Crippen LogP contribution in [0.3, 0.4) is 0 Å². The van der Waals surface area contributed by atoms with E-state index in [1.807, 2.05) is 6.07 Å². The SMILES string of the molecule is CN=C(NCCc1cccc(F)c1)NCc1cccc(N2CC=CC2)c1.I. The van der Waals surface area contributed by atoms with E-state index in [0.717, 1.165) is 31.0 Å². The lowest BCUT2D eigenvalue weighted by molar-refractivity contribution is 0.625. The van der Waals surface area contributed by atoms with Gasteiger partial charge in [-0.3, -0.25) is 4.99 Å². The van der Waals surface area contributed by atoms with Crippen molar-refractivity contribution >= 4 is 35.6 Å². The number of guanidine groups is 1. The minimum absolute atomic E-state index is 0. The normalized spacial score (nSPS) is 13.4. The molecule has 2 aromatic rings. The van der Waals surface area contributed by atoms with E-state index in [1.165, 1.54) is 17.3 Å². The fourth-order valence-corrected chi connectivity index (χ4v) is 2.98. The molecule has 0 saturated heterocycles. The zero-order chi connectivity index (χ0) is 18.2. The molecule has 0 saturated carbocycles. The molecule has 1 heterocycles. The molecule has 2 aromatic carbocycles. The summed E-state index contributed by atoms with van der Waals surface area (Å²) in [7, 11) is 1.75. The van der Waals surface area contributed by atoms with Crippen LogP contribution in [0.5, 0.6) is 0 Å². The number of rotatable bonds is 6. The summed E-state index contributed by atoms with van der Waals surface area (Å²) in [4.78, 5) is 6.58. The molecule has 0 atom stereocenters. The average molecular weight is 480 g/mol. The Labute approximate surface area is 177 Å². The van der Waals surface area contributed by atoms with Gasteiger partial charge >= 0.3 is 0 Å². The third-order valence-electron chi connectivity index (χ3n) is 4.37. The van der Waals surface area contributed by atoms with Crippen molar-refractivity contribution in [3.05, 3.63) is 77.6 Å². The molecule has 1 aliphatic rings. The first-order valence-electron chi connectivity index (χ1n) is 8.92. The van der Waals surface area contributed by atoms with Gasteiger partial charge in [-0.1, -0.05) is 36.4 Å². The molecule has 0 amide bonds. The summed E-state index contributed by atoms with van der Waals surface area (Å²) >= 11 is 0. The minimum atomic E-state index is -0.196. The van der Waals surface area contributed by atoms with Crippen molar-refractivity contribution in [1.82, 2.24) is 10.6 Å². The fourth-order valence-electron chi connectivity index (χ4n) is 2.98. The van der Waals surface area contributed by atoms with Crippen molar-refractivity contribution in [3.63, 3.8) is 0 Å². The second kappa shape index (κ2) is 10.9.